The van der Waals surface area contributed by atoms with E-state index in [2.05, 4.69) is 4.99 Å². The number of nitrogens with zero attached hydrogens (tertiary/aromatic N) is 2. The van der Waals surface area contributed by atoms with E-state index in [4.69, 9.17) is 4.74 Å². The van der Waals surface area contributed by atoms with Crippen LogP contribution < -0.4 is 4.80 Å². The number of hydrogen-bond donors (Lipinski definition) is 0. The highest BCUT2D eigenvalue weighted by Gasteiger charge is 2.13. The predicted octanol–water partition coefficient (Wildman–Crippen LogP) is 3.19. The van der Waals surface area contributed by atoms with Crippen LogP contribution >= 0.6 is 11.3 Å². The number of carbonyl (C=O) groups is 1. The summed E-state index contributed by atoms with van der Waals surface area (Å²) in [5.41, 5.74) is 2.40. The molecule has 1 amide bonds. The lowest BCUT2D eigenvalue weighted by Crippen LogP contribution is -2.19. The van der Waals surface area contributed by atoms with Crippen molar-refractivity contribution < 1.29 is 17.9 Å². The average molecular weight is 419 g/mol. The molecule has 0 bridgehead atoms. The first-order valence-corrected chi connectivity index (χ1v) is 11.6. The Labute approximate surface area is 168 Å². The van der Waals surface area contributed by atoms with Crippen LogP contribution in [0.5, 0.6) is 0 Å². The molecule has 0 radical (unpaired) electrons. The van der Waals surface area contributed by atoms with Gasteiger partial charge in [-0.1, -0.05) is 29.0 Å². The minimum Gasteiger partial charge on any atom is -0.380 e. The van der Waals surface area contributed by atoms with Crippen LogP contribution in [-0.4, -0.2) is 38.4 Å². The van der Waals surface area contributed by atoms with Crippen molar-refractivity contribution in [3.63, 3.8) is 0 Å². The van der Waals surface area contributed by atoms with Gasteiger partial charge in [0.2, 0.25) is 0 Å². The Morgan fingerprint density at radius 3 is 2.54 bits per heavy atom. The lowest BCUT2D eigenvalue weighted by atomic mass is 10.1. The molecule has 0 aliphatic carbocycles. The molecule has 0 atom stereocenters. The van der Waals surface area contributed by atoms with Gasteiger partial charge in [0.25, 0.3) is 5.91 Å². The number of benzene rings is 2. The predicted molar refractivity (Wildman–Crippen MR) is 110 cm³/mol. The van der Waals surface area contributed by atoms with Crippen molar-refractivity contribution in [3.05, 3.63) is 58.4 Å². The van der Waals surface area contributed by atoms with Crippen LogP contribution in [0.4, 0.5) is 0 Å². The maximum absolute atomic E-state index is 12.6. The van der Waals surface area contributed by atoms with E-state index in [1.54, 1.807) is 30.3 Å². The van der Waals surface area contributed by atoms with Gasteiger partial charge >= 0.3 is 0 Å². The number of rotatable bonds is 6. The summed E-state index contributed by atoms with van der Waals surface area (Å²) in [6.07, 6.45) is 1.18. The average Bonchev–Trinajstić information content (AvgIpc) is 2.98. The summed E-state index contributed by atoms with van der Waals surface area (Å²) in [5, 5.41) is 0. The molecule has 0 aliphatic heterocycles. The summed E-state index contributed by atoms with van der Waals surface area (Å²) in [6, 6.07) is 12.2. The zero-order chi connectivity index (χ0) is 20.3. The monoisotopic (exact) mass is 418 g/mol. The van der Waals surface area contributed by atoms with Gasteiger partial charge in [0.05, 0.1) is 21.7 Å². The summed E-state index contributed by atoms with van der Waals surface area (Å²) in [5.74, 6) is -0.333. The van der Waals surface area contributed by atoms with Crippen molar-refractivity contribution in [2.75, 3.05) is 19.5 Å². The highest BCUT2D eigenvalue weighted by atomic mass is 32.2. The molecule has 1 aromatic heterocycles. The number of aryl methyl sites for hydroxylation is 1. The summed E-state index contributed by atoms with van der Waals surface area (Å²) < 4.78 is 31.8. The Morgan fingerprint density at radius 2 is 1.89 bits per heavy atom. The van der Waals surface area contributed by atoms with E-state index in [-0.39, 0.29) is 10.8 Å². The lowest BCUT2D eigenvalue weighted by molar-refractivity contribution is 0.0996. The second-order valence-electron chi connectivity index (χ2n) is 6.42. The van der Waals surface area contributed by atoms with Crippen molar-refractivity contribution >= 4 is 37.3 Å². The fraction of sp³-hybridized carbons (Fsp3) is 0.300. The second-order valence-corrected chi connectivity index (χ2v) is 9.44. The van der Waals surface area contributed by atoms with E-state index in [9.17, 15) is 13.2 Å². The van der Waals surface area contributed by atoms with Gasteiger partial charge in [-0.05, 0) is 44.2 Å². The number of aromatic nitrogens is 1. The van der Waals surface area contributed by atoms with Gasteiger partial charge in [-0.3, -0.25) is 4.79 Å². The molecule has 3 rings (SSSR count). The van der Waals surface area contributed by atoms with Crippen LogP contribution in [0.25, 0.3) is 10.2 Å². The van der Waals surface area contributed by atoms with Crippen molar-refractivity contribution in [2.45, 2.75) is 25.3 Å². The number of ether oxygens (including phenoxy) is 1. The van der Waals surface area contributed by atoms with Crippen LogP contribution in [0.15, 0.2) is 52.4 Å². The van der Waals surface area contributed by atoms with Crippen LogP contribution in [0.2, 0.25) is 0 Å². The van der Waals surface area contributed by atoms with E-state index in [1.807, 2.05) is 30.5 Å². The smallest absolute Gasteiger partial charge is 0.279 e. The number of sulfone groups is 1. The molecule has 3 aromatic rings. The molecule has 0 fully saturated rings. The van der Waals surface area contributed by atoms with Gasteiger partial charge in [-0.15, -0.1) is 0 Å². The van der Waals surface area contributed by atoms with Crippen LogP contribution in [-0.2, 0) is 21.1 Å². The third-order valence-electron chi connectivity index (χ3n) is 4.24. The van der Waals surface area contributed by atoms with Crippen LogP contribution in [0, 0.1) is 6.92 Å². The standard InChI is InChI=1S/C20H22N2O4S2/c1-4-26-12-11-22-17-10-9-16(28(3,24)25)13-18(17)27-20(22)21-19(23)15-7-5-14(2)6-8-15/h5-10,13H,4,11-12H2,1-3H3. The quantitative estimate of drug-likeness (QED) is 0.576. The first-order chi connectivity index (χ1) is 13.3. The molecule has 0 N–H and O–H groups in total. The molecule has 0 saturated heterocycles. The molecular formula is C20H22N2O4S2. The van der Waals surface area contributed by atoms with Gasteiger partial charge in [0.1, 0.15) is 0 Å². The minimum atomic E-state index is -3.31. The summed E-state index contributed by atoms with van der Waals surface area (Å²) in [7, 11) is -3.31. The van der Waals surface area contributed by atoms with Gasteiger partial charge in [0, 0.05) is 25.0 Å². The van der Waals surface area contributed by atoms with E-state index in [0.29, 0.717) is 30.1 Å². The maximum Gasteiger partial charge on any atom is 0.279 e. The van der Waals surface area contributed by atoms with Crippen molar-refractivity contribution in [1.29, 1.82) is 0 Å². The van der Waals surface area contributed by atoms with E-state index < -0.39 is 9.84 Å². The molecule has 2 aromatic carbocycles. The van der Waals surface area contributed by atoms with Gasteiger partial charge in [0.15, 0.2) is 14.6 Å². The molecule has 6 nitrogen and oxygen atoms in total. The van der Waals surface area contributed by atoms with Crippen molar-refractivity contribution in [2.24, 2.45) is 4.99 Å². The minimum absolute atomic E-state index is 0.245. The summed E-state index contributed by atoms with van der Waals surface area (Å²) in [6.45, 7) is 5.46. The molecule has 148 valence electrons. The van der Waals surface area contributed by atoms with Gasteiger partial charge < -0.3 is 9.30 Å². The first kappa shape index (κ1) is 20.4. The molecule has 0 spiro atoms. The lowest BCUT2D eigenvalue weighted by Gasteiger charge is -2.06. The highest BCUT2D eigenvalue weighted by Crippen LogP contribution is 2.22. The highest BCUT2D eigenvalue weighted by molar-refractivity contribution is 7.90. The molecule has 1 heterocycles. The Bertz CT molecular complexity index is 1170. The molecular weight excluding hydrogens is 396 g/mol. The fourth-order valence-electron chi connectivity index (χ4n) is 2.73. The largest absolute Gasteiger partial charge is 0.380 e. The molecule has 8 heteroatoms. The fourth-order valence-corrected chi connectivity index (χ4v) is 4.55. The molecule has 28 heavy (non-hydrogen) atoms. The molecule has 0 aliphatic rings. The van der Waals surface area contributed by atoms with E-state index in [0.717, 1.165) is 15.8 Å². The number of carbonyl (C=O) groups excluding carboxylic acids is 1. The Kier molecular flexibility index (Phi) is 6.12. The Hall–Kier alpha value is -2.29. The second kappa shape index (κ2) is 8.38. The van der Waals surface area contributed by atoms with Crippen molar-refractivity contribution in [3.8, 4) is 0 Å². The van der Waals surface area contributed by atoms with Crippen LogP contribution in [0.3, 0.4) is 0 Å². The van der Waals surface area contributed by atoms with Crippen LogP contribution in [0.1, 0.15) is 22.8 Å². The third kappa shape index (κ3) is 4.57. The van der Waals surface area contributed by atoms with Crippen molar-refractivity contribution in [1.82, 2.24) is 4.57 Å². The molecule has 0 saturated carbocycles. The Balaban J connectivity index is 2.11. The zero-order valence-electron chi connectivity index (χ0n) is 16.0. The normalized spacial score (nSPS) is 12.6. The maximum atomic E-state index is 12.6. The number of thiazole rings is 1. The summed E-state index contributed by atoms with van der Waals surface area (Å²) in [4.78, 5) is 17.7. The SMILES string of the molecule is CCOCCn1c(=NC(=O)c2ccc(C)cc2)sc2cc(S(C)(=O)=O)ccc21. The van der Waals surface area contributed by atoms with E-state index >= 15 is 0 Å². The topological polar surface area (TPSA) is 77.7 Å². The zero-order valence-corrected chi connectivity index (χ0v) is 17.6. The Morgan fingerprint density at radius 1 is 1.18 bits per heavy atom. The van der Waals surface area contributed by atoms with Gasteiger partial charge in [-0.25, -0.2) is 8.42 Å². The number of fused-ring (bicyclic) bond motifs is 1. The third-order valence-corrected chi connectivity index (χ3v) is 6.39. The first-order valence-electron chi connectivity index (χ1n) is 8.86. The molecule has 0 unspecified atom stereocenters. The summed E-state index contributed by atoms with van der Waals surface area (Å²) >= 11 is 1.29. The number of hydrogen-bond acceptors (Lipinski definition) is 5. The van der Waals surface area contributed by atoms with Gasteiger partial charge in [-0.2, -0.15) is 4.99 Å². The van der Waals surface area contributed by atoms with E-state index in [1.165, 1.54) is 17.6 Å². The number of amides is 1.